The maximum Gasteiger partial charge on any atom is 0.338 e. The third-order valence-electron chi connectivity index (χ3n) is 3.83. The SMILES string of the molecule is CCOC(=O)c1ccc(NC(=O)COC(=O)C(C)NS(=O)(=O)c2ccc(F)cc2)cc1. The number of hydrogen-bond acceptors (Lipinski definition) is 7. The van der Waals surface area contributed by atoms with Gasteiger partial charge in [-0.2, -0.15) is 4.72 Å². The summed E-state index contributed by atoms with van der Waals surface area (Å²) in [5.41, 5.74) is 0.674. The Bertz CT molecular complexity index is 1040. The van der Waals surface area contributed by atoms with Crippen molar-refractivity contribution in [1.29, 1.82) is 0 Å². The quantitative estimate of drug-likeness (QED) is 0.556. The van der Waals surface area contributed by atoms with Gasteiger partial charge in [0, 0.05) is 5.69 Å². The van der Waals surface area contributed by atoms with E-state index in [9.17, 15) is 27.2 Å². The fourth-order valence-electron chi connectivity index (χ4n) is 2.33. The molecule has 2 N–H and O–H groups in total. The number of amides is 1. The van der Waals surface area contributed by atoms with E-state index in [1.54, 1.807) is 6.92 Å². The molecule has 1 unspecified atom stereocenters. The number of carbonyl (C=O) groups excluding carboxylic acids is 3. The minimum atomic E-state index is -4.08. The van der Waals surface area contributed by atoms with Gasteiger partial charge in [0.05, 0.1) is 17.1 Å². The average Bonchev–Trinajstić information content (AvgIpc) is 2.72. The van der Waals surface area contributed by atoms with Crippen LogP contribution >= 0.6 is 0 Å². The van der Waals surface area contributed by atoms with Crippen molar-refractivity contribution in [3.8, 4) is 0 Å². The van der Waals surface area contributed by atoms with Gasteiger partial charge in [-0.3, -0.25) is 9.59 Å². The summed E-state index contributed by atoms with van der Waals surface area (Å²) in [6.07, 6.45) is 0. The Hall–Kier alpha value is -3.31. The summed E-state index contributed by atoms with van der Waals surface area (Å²) in [6, 6.07) is 8.65. The van der Waals surface area contributed by atoms with Crippen molar-refractivity contribution in [2.24, 2.45) is 0 Å². The number of benzene rings is 2. The summed E-state index contributed by atoms with van der Waals surface area (Å²) < 4.78 is 49.1. The highest BCUT2D eigenvalue weighted by atomic mass is 32.2. The van der Waals surface area contributed by atoms with Crippen LogP contribution in [0, 0.1) is 5.82 Å². The highest BCUT2D eigenvalue weighted by Crippen LogP contribution is 2.12. The van der Waals surface area contributed by atoms with Crippen LogP contribution in [0.1, 0.15) is 24.2 Å². The summed E-state index contributed by atoms with van der Waals surface area (Å²) in [6.45, 7) is 2.51. The molecule has 1 amide bonds. The molecule has 2 aromatic rings. The summed E-state index contributed by atoms with van der Waals surface area (Å²) >= 11 is 0. The predicted octanol–water partition coefficient (Wildman–Crippen LogP) is 1.85. The van der Waals surface area contributed by atoms with E-state index < -0.39 is 46.3 Å². The molecule has 0 bridgehead atoms. The predicted molar refractivity (Wildman–Crippen MR) is 108 cm³/mol. The van der Waals surface area contributed by atoms with E-state index in [2.05, 4.69) is 10.0 Å². The van der Waals surface area contributed by atoms with Crippen LogP contribution in [0.15, 0.2) is 53.4 Å². The van der Waals surface area contributed by atoms with Gasteiger partial charge in [-0.05, 0) is 62.4 Å². The van der Waals surface area contributed by atoms with Gasteiger partial charge in [-0.25, -0.2) is 17.6 Å². The maximum atomic E-state index is 12.9. The van der Waals surface area contributed by atoms with Crippen LogP contribution in [-0.2, 0) is 29.1 Å². The number of nitrogens with one attached hydrogen (secondary N) is 2. The molecular weight excluding hydrogens is 431 g/mol. The molecule has 0 fully saturated rings. The van der Waals surface area contributed by atoms with Gasteiger partial charge in [0.15, 0.2) is 6.61 Å². The molecule has 9 nitrogen and oxygen atoms in total. The smallest absolute Gasteiger partial charge is 0.338 e. The minimum Gasteiger partial charge on any atom is -0.462 e. The second-order valence-electron chi connectivity index (χ2n) is 6.25. The van der Waals surface area contributed by atoms with Gasteiger partial charge in [0.1, 0.15) is 11.9 Å². The zero-order chi connectivity index (χ0) is 23.0. The van der Waals surface area contributed by atoms with Crippen LogP contribution in [0.3, 0.4) is 0 Å². The molecule has 0 aliphatic rings. The lowest BCUT2D eigenvalue weighted by atomic mass is 10.2. The van der Waals surface area contributed by atoms with Crippen LogP contribution in [0.2, 0.25) is 0 Å². The first kappa shape index (κ1) is 24.0. The topological polar surface area (TPSA) is 128 Å². The molecule has 0 spiro atoms. The number of hydrogen-bond donors (Lipinski definition) is 2. The van der Waals surface area contributed by atoms with Crippen molar-refractivity contribution in [2.75, 3.05) is 18.5 Å². The monoisotopic (exact) mass is 452 g/mol. The Balaban J connectivity index is 1.85. The van der Waals surface area contributed by atoms with Crippen molar-refractivity contribution < 1.29 is 36.7 Å². The molecule has 0 aromatic heterocycles. The van der Waals surface area contributed by atoms with Gasteiger partial charge in [0.25, 0.3) is 5.91 Å². The number of anilines is 1. The summed E-state index contributed by atoms with van der Waals surface area (Å²) in [4.78, 5) is 35.3. The number of sulfonamides is 1. The third-order valence-corrected chi connectivity index (χ3v) is 5.39. The van der Waals surface area contributed by atoms with E-state index in [0.29, 0.717) is 11.3 Å². The van der Waals surface area contributed by atoms with Crippen LogP contribution in [-0.4, -0.2) is 45.5 Å². The highest BCUT2D eigenvalue weighted by Gasteiger charge is 2.23. The lowest BCUT2D eigenvalue weighted by Gasteiger charge is -2.14. The second-order valence-corrected chi connectivity index (χ2v) is 7.96. The van der Waals surface area contributed by atoms with E-state index in [1.165, 1.54) is 31.2 Å². The molecule has 0 saturated carbocycles. The van der Waals surface area contributed by atoms with Gasteiger partial charge >= 0.3 is 11.9 Å². The van der Waals surface area contributed by atoms with E-state index in [-0.39, 0.29) is 11.5 Å². The van der Waals surface area contributed by atoms with Crippen LogP contribution in [0.4, 0.5) is 10.1 Å². The number of rotatable bonds is 9. The second kappa shape index (κ2) is 10.6. The molecule has 2 aromatic carbocycles. The van der Waals surface area contributed by atoms with Crippen molar-refractivity contribution >= 4 is 33.6 Å². The first-order valence-electron chi connectivity index (χ1n) is 9.14. The average molecular weight is 452 g/mol. The zero-order valence-corrected chi connectivity index (χ0v) is 17.6. The van der Waals surface area contributed by atoms with E-state index >= 15 is 0 Å². The summed E-state index contributed by atoms with van der Waals surface area (Å²) in [5.74, 6) is -2.73. The lowest BCUT2D eigenvalue weighted by Crippen LogP contribution is -2.40. The molecule has 0 aliphatic carbocycles. The Morgan fingerprint density at radius 3 is 2.19 bits per heavy atom. The fraction of sp³-hybridized carbons (Fsp3) is 0.250. The van der Waals surface area contributed by atoms with Crippen LogP contribution in [0.25, 0.3) is 0 Å². The molecular formula is C20H21FN2O7S. The van der Waals surface area contributed by atoms with Crippen molar-refractivity contribution in [1.82, 2.24) is 4.72 Å². The molecule has 2 rings (SSSR count). The Morgan fingerprint density at radius 1 is 1.00 bits per heavy atom. The third kappa shape index (κ3) is 7.15. The zero-order valence-electron chi connectivity index (χ0n) is 16.8. The molecule has 0 radical (unpaired) electrons. The molecule has 0 heterocycles. The molecule has 31 heavy (non-hydrogen) atoms. The Kier molecular flexibility index (Phi) is 8.22. The van der Waals surface area contributed by atoms with Crippen molar-refractivity contribution in [3.05, 3.63) is 59.9 Å². The molecule has 1 atom stereocenters. The number of ether oxygens (including phenoxy) is 2. The molecule has 11 heteroatoms. The minimum absolute atomic E-state index is 0.224. The Labute approximate surface area is 178 Å². The maximum absolute atomic E-state index is 12.9. The normalized spacial score (nSPS) is 12.0. The number of carbonyl (C=O) groups is 3. The number of halogens is 1. The van der Waals surface area contributed by atoms with Gasteiger partial charge in [-0.15, -0.1) is 0 Å². The first-order chi connectivity index (χ1) is 14.6. The summed E-state index contributed by atoms with van der Waals surface area (Å²) in [7, 11) is -4.08. The molecule has 0 saturated heterocycles. The first-order valence-corrected chi connectivity index (χ1v) is 10.6. The van der Waals surface area contributed by atoms with Gasteiger partial charge in [-0.1, -0.05) is 0 Å². The van der Waals surface area contributed by atoms with E-state index in [4.69, 9.17) is 9.47 Å². The largest absolute Gasteiger partial charge is 0.462 e. The van der Waals surface area contributed by atoms with Crippen LogP contribution in [0.5, 0.6) is 0 Å². The van der Waals surface area contributed by atoms with Gasteiger partial charge in [0.2, 0.25) is 10.0 Å². The van der Waals surface area contributed by atoms with E-state index in [1.807, 2.05) is 0 Å². The summed E-state index contributed by atoms with van der Waals surface area (Å²) in [5, 5.41) is 2.47. The standard InChI is InChI=1S/C20H21FN2O7S/c1-3-29-20(26)14-4-8-16(9-5-14)22-18(24)12-30-19(25)13(2)23-31(27,28)17-10-6-15(21)7-11-17/h4-11,13,23H,3,12H2,1-2H3,(H,22,24). The Morgan fingerprint density at radius 2 is 1.61 bits per heavy atom. The van der Waals surface area contributed by atoms with Crippen molar-refractivity contribution in [3.63, 3.8) is 0 Å². The highest BCUT2D eigenvalue weighted by molar-refractivity contribution is 7.89. The molecule has 0 aliphatic heterocycles. The van der Waals surface area contributed by atoms with Gasteiger partial charge < -0.3 is 14.8 Å². The number of esters is 2. The van der Waals surface area contributed by atoms with E-state index in [0.717, 1.165) is 24.3 Å². The fourth-order valence-corrected chi connectivity index (χ4v) is 3.52. The van der Waals surface area contributed by atoms with Crippen molar-refractivity contribution in [2.45, 2.75) is 24.8 Å². The molecule has 166 valence electrons. The van der Waals surface area contributed by atoms with Crippen LogP contribution < -0.4 is 10.0 Å². The lowest BCUT2D eigenvalue weighted by molar-refractivity contribution is -0.148.